The average Bonchev–Trinajstić information content (AvgIpc) is 3.00. The Morgan fingerprint density at radius 2 is 1.70 bits per heavy atom. The van der Waals surface area contributed by atoms with E-state index < -0.39 is 12.6 Å². The van der Waals surface area contributed by atoms with E-state index in [0.717, 1.165) is 11.1 Å². The fourth-order valence-electron chi connectivity index (χ4n) is 3.40. The zero-order valence-corrected chi connectivity index (χ0v) is 19.0. The van der Waals surface area contributed by atoms with Gasteiger partial charge in [-0.3, -0.25) is 4.79 Å². The van der Waals surface area contributed by atoms with Crippen LogP contribution in [0.4, 0.5) is 13.2 Å². The highest BCUT2D eigenvalue weighted by Gasteiger charge is 2.36. The van der Waals surface area contributed by atoms with Gasteiger partial charge in [-0.25, -0.2) is 18.2 Å². The van der Waals surface area contributed by atoms with Crippen LogP contribution in [0.2, 0.25) is 0 Å². The van der Waals surface area contributed by atoms with Gasteiger partial charge in [0.05, 0.1) is 6.04 Å². The second-order valence-electron chi connectivity index (χ2n) is 7.75. The van der Waals surface area contributed by atoms with Crippen LogP contribution in [-0.2, 0) is 4.79 Å². The van der Waals surface area contributed by atoms with E-state index in [0.29, 0.717) is 37.2 Å². The van der Waals surface area contributed by atoms with Crippen molar-refractivity contribution in [3.8, 4) is 0 Å². The molecule has 1 heterocycles. The van der Waals surface area contributed by atoms with Crippen LogP contribution in [0, 0.1) is 5.92 Å². The van der Waals surface area contributed by atoms with E-state index in [1.165, 1.54) is 0 Å². The lowest BCUT2D eigenvalue weighted by atomic mass is 10.0. The molecule has 1 aromatic rings. The van der Waals surface area contributed by atoms with Crippen LogP contribution in [0.15, 0.2) is 46.6 Å². The van der Waals surface area contributed by atoms with E-state index in [2.05, 4.69) is 4.99 Å². The lowest BCUT2D eigenvalue weighted by Crippen LogP contribution is -2.26. The Bertz CT molecular complexity index is 723. The predicted octanol–water partition coefficient (Wildman–Crippen LogP) is 6.76. The van der Waals surface area contributed by atoms with Gasteiger partial charge in [-0.15, -0.1) is 0 Å². The fourth-order valence-corrected chi connectivity index (χ4v) is 3.40. The average molecular weight is 425 g/mol. The van der Waals surface area contributed by atoms with Crippen LogP contribution in [0.3, 0.4) is 0 Å². The molecule has 1 fully saturated rings. The van der Waals surface area contributed by atoms with Crippen molar-refractivity contribution in [2.45, 2.75) is 78.9 Å². The summed E-state index contributed by atoms with van der Waals surface area (Å²) in [6.07, 6.45) is -1.34. The minimum Gasteiger partial charge on any atom is -0.353 e. The smallest absolute Gasteiger partial charge is 0.241 e. The van der Waals surface area contributed by atoms with Crippen molar-refractivity contribution in [1.29, 1.82) is 0 Å². The molecule has 1 saturated heterocycles. The number of aliphatic imine (C=N–C) groups is 1. The van der Waals surface area contributed by atoms with Crippen LogP contribution in [0.5, 0.6) is 0 Å². The van der Waals surface area contributed by atoms with Crippen LogP contribution in [-0.4, -0.2) is 36.2 Å². The molecule has 0 spiro atoms. The number of halogens is 3. The number of alkyl halides is 3. The fraction of sp³-hybridized carbons (Fsp3) is 0.583. The second kappa shape index (κ2) is 12.6. The summed E-state index contributed by atoms with van der Waals surface area (Å²) in [5.74, 6) is -0.0712. The number of benzene rings is 1. The number of hydrogen-bond acceptors (Lipinski definition) is 2. The molecule has 1 aliphatic rings. The third-order valence-corrected chi connectivity index (χ3v) is 5.41. The Kier molecular flexibility index (Phi) is 10.8. The predicted molar refractivity (Wildman–Crippen MR) is 118 cm³/mol. The van der Waals surface area contributed by atoms with Gasteiger partial charge in [0.15, 0.2) is 12.0 Å². The quantitative estimate of drug-likeness (QED) is 0.453. The van der Waals surface area contributed by atoms with E-state index in [-0.39, 0.29) is 17.7 Å². The van der Waals surface area contributed by atoms with Crippen molar-refractivity contribution in [3.63, 3.8) is 0 Å². The highest BCUT2D eigenvalue weighted by atomic mass is 19.3. The number of Topliss-reactive ketones (excluding diaryl/α,β-unsaturated/α-hetero) is 1. The van der Waals surface area contributed by atoms with Gasteiger partial charge >= 0.3 is 0 Å². The number of carbonyl (C=O) groups is 1. The Morgan fingerprint density at radius 3 is 2.10 bits per heavy atom. The standard InChI is InChI=1S/C18H23FN2O.C6H12F2/c1-5-16(22)17(12(2)3)20-18-14(19)11-15(21(18)4)13-9-7-6-8-10-13;1-3-5(4-2)6(7)8/h6-10,14-15H,5,11H2,1-4H3;5-6H,3-4H2,1-2H3. The highest BCUT2D eigenvalue weighted by Crippen LogP contribution is 2.34. The van der Waals surface area contributed by atoms with E-state index in [9.17, 15) is 18.0 Å². The number of hydrogen-bond donors (Lipinski definition) is 0. The van der Waals surface area contributed by atoms with Gasteiger partial charge in [-0.2, -0.15) is 0 Å². The number of likely N-dealkylation sites (tertiary alicyclic amines) is 1. The summed E-state index contributed by atoms with van der Waals surface area (Å²) in [6.45, 7) is 9.05. The summed E-state index contributed by atoms with van der Waals surface area (Å²) in [5.41, 5.74) is 2.28. The minimum atomic E-state index is -2.12. The van der Waals surface area contributed by atoms with E-state index in [1.807, 2.05) is 56.1 Å². The molecule has 0 N–H and O–H groups in total. The summed E-state index contributed by atoms with van der Waals surface area (Å²) in [6, 6.07) is 9.80. The van der Waals surface area contributed by atoms with Crippen molar-refractivity contribution in [1.82, 2.24) is 4.90 Å². The molecule has 3 nitrogen and oxygen atoms in total. The Labute approximate surface area is 179 Å². The topological polar surface area (TPSA) is 32.7 Å². The van der Waals surface area contributed by atoms with Crippen LogP contribution in [0.25, 0.3) is 0 Å². The molecular weight excluding hydrogens is 389 g/mol. The van der Waals surface area contributed by atoms with Crippen molar-refractivity contribution >= 4 is 11.6 Å². The maximum atomic E-state index is 14.5. The lowest BCUT2D eigenvalue weighted by molar-refractivity contribution is -0.115. The monoisotopic (exact) mass is 424 g/mol. The van der Waals surface area contributed by atoms with Crippen molar-refractivity contribution < 1.29 is 18.0 Å². The summed E-state index contributed by atoms with van der Waals surface area (Å²) >= 11 is 0. The summed E-state index contributed by atoms with van der Waals surface area (Å²) < 4.78 is 37.9. The van der Waals surface area contributed by atoms with Gasteiger partial charge in [-0.05, 0) is 37.8 Å². The number of allylic oxidation sites excluding steroid dienone is 2. The van der Waals surface area contributed by atoms with Gasteiger partial charge in [0.25, 0.3) is 0 Å². The second-order valence-corrected chi connectivity index (χ2v) is 7.75. The number of rotatable bonds is 7. The zero-order valence-electron chi connectivity index (χ0n) is 19.0. The molecule has 30 heavy (non-hydrogen) atoms. The van der Waals surface area contributed by atoms with E-state index in [4.69, 9.17) is 0 Å². The van der Waals surface area contributed by atoms with Crippen LogP contribution < -0.4 is 0 Å². The first-order valence-electron chi connectivity index (χ1n) is 10.7. The van der Waals surface area contributed by atoms with Crippen LogP contribution >= 0.6 is 0 Å². The molecule has 2 unspecified atom stereocenters. The molecule has 0 aliphatic carbocycles. The molecule has 6 heteroatoms. The number of nitrogens with zero attached hydrogens (tertiary/aromatic N) is 2. The third kappa shape index (κ3) is 6.99. The SMILES string of the molecule is CCC(=O)C(N=C1C(F)CC(c2ccccc2)N1C)=C(C)C.CCC(CC)C(F)F. The van der Waals surface area contributed by atoms with Gasteiger partial charge in [0, 0.05) is 25.8 Å². The van der Waals surface area contributed by atoms with Crippen LogP contribution in [0.1, 0.15) is 71.9 Å². The largest absolute Gasteiger partial charge is 0.353 e. The Balaban J connectivity index is 0.000000479. The lowest BCUT2D eigenvalue weighted by Gasteiger charge is -2.22. The first-order valence-corrected chi connectivity index (χ1v) is 10.7. The Hall–Kier alpha value is -2.11. The normalized spacial score (nSPS) is 19.8. The van der Waals surface area contributed by atoms with Gasteiger partial charge in [-0.1, -0.05) is 51.1 Å². The van der Waals surface area contributed by atoms with Gasteiger partial charge in [0.2, 0.25) is 6.43 Å². The van der Waals surface area contributed by atoms with E-state index in [1.54, 1.807) is 20.8 Å². The van der Waals surface area contributed by atoms with Gasteiger partial charge < -0.3 is 4.90 Å². The molecule has 168 valence electrons. The van der Waals surface area contributed by atoms with E-state index >= 15 is 0 Å². The molecule has 0 bridgehead atoms. The highest BCUT2D eigenvalue weighted by molar-refractivity contribution is 6.00. The maximum Gasteiger partial charge on any atom is 0.241 e. The third-order valence-electron chi connectivity index (χ3n) is 5.41. The Morgan fingerprint density at radius 1 is 1.13 bits per heavy atom. The first kappa shape index (κ1) is 25.9. The van der Waals surface area contributed by atoms with Crippen molar-refractivity contribution in [2.75, 3.05) is 7.05 Å². The summed E-state index contributed by atoms with van der Waals surface area (Å²) in [5, 5.41) is 0. The molecule has 0 aromatic heterocycles. The molecule has 2 rings (SSSR count). The first-order chi connectivity index (χ1) is 14.2. The van der Waals surface area contributed by atoms with Crippen molar-refractivity contribution in [2.24, 2.45) is 10.9 Å². The summed E-state index contributed by atoms with van der Waals surface area (Å²) in [7, 11) is 1.84. The molecule has 0 amide bonds. The molecular formula is C24H35F3N2O. The minimum absolute atomic E-state index is 0.0370. The maximum absolute atomic E-state index is 14.5. The zero-order chi connectivity index (χ0) is 22.8. The van der Waals surface area contributed by atoms with Gasteiger partial charge in [0.1, 0.15) is 11.5 Å². The molecule has 1 aliphatic heterocycles. The number of amidine groups is 1. The molecule has 0 radical (unpaired) electrons. The molecule has 0 saturated carbocycles. The molecule has 2 atom stereocenters. The number of ketones is 1. The van der Waals surface area contributed by atoms with Crippen molar-refractivity contribution in [3.05, 3.63) is 47.2 Å². The summed E-state index contributed by atoms with van der Waals surface area (Å²) in [4.78, 5) is 18.2. The number of carbonyl (C=O) groups excluding carboxylic acids is 1. The molecule has 1 aromatic carbocycles.